The Kier molecular flexibility index (Phi) is 7.85. The fourth-order valence-electron chi connectivity index (χ4n) is 2.61. The van der Waals surface area contributed by atoms with Gasteiger partial charge in [-0.15, -0.1) is 0 Å². The fourth-order valence-corrected chi connectivity index (χ4v) is 3.10. The summed E-state index contributed by atoms with van der Waals surface area (Å²) in [5, 5.41) is 5.68. The maximum atomic E-state index is 12.5. The molecule has 0 aliphatic rings. The van der Waals surface area contributed by atoms with Crippen molar-refractivity contribution in [2.24, 2.45) is 0 Å². The molecule has 156 valence electrons. The van der Waals surface area contributed by atoms with Crippen molar-refractivity contribution in [1.29, 1.82) is 0 Å². The average Bonchev–Trinajstić information content (AvgIpc) is 2.66. The summed E-state index contributed by atoms with van der Waals surface area (Å²) in [6.45, 7) is 10.2. The van der Waals surface area contributed by atoms with Crippen molar-refractivity contribution in [2.75, 3.05) is 11.9 Å². The molecule has 0 radical (unpaired) electrons. The molecular weight excluding hydrogens is 432 g/mol. The first kappa shape index (κ1) is 22.9. The van der Waals surface area contributed by atoms with E-state index < -0.39 is 0 Å². The molecule has 0 bridgehead atoms. The number of benzene rings is 2. The molecule has 2 rings (SSSR count). The molecule has 29 heavy (non-hydrogen) atoms. The molecule has 0 fully saturated rings. The molecule has 2 aromatic carbocycles. The first-order valence-corrected chi connectivity index (χ1v) is 10.5. The molecule has 0 aliphatic heterocycles. The predicted octanol–water partition coefficient (Wildman–Crippen LogP) is 5.29. The Morgan fingerprint density at radius 2 is 1.83 bits per heavy atom. The third-order valence-electron chi connectivity index (χ3n) is 4.59. The van der Waals surface area contributed by atoms with Crippen LogP contribution in [-0.4, -0.2) is 24.5 Å². The quantitative estimate of drug-likeness (QED) is 0.589. The lowest BCUT2D eigenvalue weighted by molar-refractivity contribution is -0.118. The van der Waals surface area contributed by atoms with Crippen molar-refractivity contribution in [1.82, 2.24) is 5.32 Å². The molecule has 6 heteroatoms. The first-order valence-electron chi connectivity index (χ1n) is 9.74. The van der Waals surface area contributed by atoms with Gasteiger partial charge < -0.3 is 15.4 Å². The number of hydrogen-bond donors (Lipinski definition) is 2. The van der Waals surface area contributed by atoms with E-state index in [1.807, 2.05) is 32.0 Å². The molecule has 5 nitrogen and oxygen atoms in total. The number of hydrogen-bond acceptors (Lipinski definition) is 3. The normalized spacial score (nSPS) is 12.2. The highest BCUT2D eigenvalue weighted by Gasteiger charge is 2.17. The summed E-state index contributed by atoms with van der Waals surface area (Å²) < 4.78 is 6.46. The molecule has 0 aromatic heterocycles. The minimum Gasteiger partial charge on any atom is -0.483 e. The van der Waals surface area contributed by atoms with E-state index in [4.69, 9.17) is 4.74 Å². The lowest BCUT2D eigenvalue weighted by Crippen LogP contribution is -2.33. The van der Waals surface area contributed by atoms with Gasteiger partial charge in [-0.1, -0.05) is 45.9 Å². The molecule has 0 spiro atoms. The van der Waals surface area contributed by atoms with E-state index in [1.54, 1.807) is 24.3 Å². The number of ether oxygens (including phenoxy) is 1. The van der Waals surface area contributed by atoms with E-state index in [2.05, 4.69) is 47.3 Å². The maximum Gasteiger partial charge on any atom is 0.262 e. The van der Waals surface area contributed by atoms with Crippen molar-refractivity contribution in [3.63, 3.8) is 0 Å². The zero-order valence-electron chi connectivity index (χ0n) is 17.6. The van der Waals surface area contributed by atoms with Crippen molar-refractivity contribution in [3.8, 4) is 5.75 Å². The average molecular weight is 461 g/mol. The summed E-state index contributed by atoms with van der Waals surface area (Å²) in [5.74, 6) is 0.0493. The molecule has 0 saturated carbocycles. The highest BCUT2D eigenvalue weighted by molar-refractivity contribution is 9.10. The molecule has 2 amide bonds. The number of carbonyl (C=O) groups is 2. The molecule has 1 atom stereocenters. The Bertz CT molecular complexity index is 875. The number of nitrogens with one attached hydrogen (secondary N) is 2. The highest BCUT2D eigenvalue weighted by Crippen LogP contribution is 2.31. The van der Waals surface area contributed by atoms with Crippen LogP contribution in [0.25, 0.3) is 0 Å². The largest absolute Gasteiger partial charge is 0.483 e. The Hall–Kier alpha value is -2.34. The van der Waals surface area contributed by atoms with E-state index in [0.717, 1.165) is 10.9 Å². The summed E-state index contributed by atoms with van der Waals surface area (Å²) in [6.07, 6.45) is 0.830. The molecule has 0 aliphatic carbocycles. The lowest BCUT2D eigenvalue weighted by atomic mass is 9.87. The monoisotopic (exact) mass is 460 g/mol. The van der Waals surface area contributed by atoms with Gasteiger partial charge >= 0.3 is 0 Å². The summed E-state index contributed by atoms with van der Waals surface area (Å²) >= 11 is 3.51. The van der Waals surface area contributed by atoms with Gasteiger partial charge in [-0.3, -0.25) is 9.59 Å². The van der Waals surface area contributed by atoms with Crippen LogP contribution in [0.1, 0.15) is 57.0 Å². The Labute approximate surface area is 181 Å². The number of halogens is 1. The maximum absolute atomic E-state index is 12.5. The van der Waals surface area contributed by atoms with Gasteiger partial charge in [0.1, 0.15) is 5.75 Å². The van der Waals surface area contributed by atoms with Gasteiger partial charge in [-0.05, 0) is 64.5 Å². The van der Waals surface area contributed by atoms with Crippen LogP contribution in [0.5, 0.6) is 5.75 Å². The van der Waals surface area contributed by atoms with Crippen molar-refractivity contribution in [2.45, 2.75) is 52.5 Å². The Morgan fingerprint density at radius 3 is 2.45 bits per heavy atom. The van der Waals surface area contributed by atoms with Crippen LogP contribution in [0.15, 0.2) is 46.9 Å². The Morgan fingerprint density at radius 1 is 1.14 bits per heavy atom. The molecule has 0 saturated heterocycles. The number of anilines is 1. The van der Waals surface area contributed by atoms with Gasteiger partial charge in [0.25, 0.3) is 11.8 Å². The molecule has 2 aromatic rings. The van der Waals surface area contributed by atoms with Crippen molar-refractivity contribution in [3.05, 3.63) is 58.1 Å². The third kappa shape index (κ3) is 6.60. The summed E-state index contributed by atoms with van der Waals surface area (Å²) in [4.78, 5) is 24.8. The molecule has 0 unspecified atom stereocenters. The van der Waals surface area contributed by atoms with Crippen LogP contribution in [0.4, 0.5) is 5.69 Å². The smallest absolute Gasteiger partial charge is 0.262 e. The highest BCUT2D eigenvalue weighted by atomic mass is 79.9. The summed E-state index contributed by atoms with van der Waals surface area (Å²) in [5.41, 5.74) is 2.08. The third-order valence-corrected chi connectivity index (χ3v) is 5.21. The number of rotatable bonds is 7. The second-order valence-corrected chi connectivity index (χ2v) is 8.91. The second kappa shape index (κ2) is 9.92. The van der Waals surface area contributed by atoms with Crippen molar-refractivity contribution >= 4 is 33.4 Å². The second-order valence-electron chi connectivity index (χ2n) is 8.06. The van der Waals surface area contributed by atoms with Crippen molar-refractivity contribution < 1.29 is 14.3 Å². The van der Waals surface area contributed by atoms with Crippen LogP contribution in [0, 0.1) is 0 Å². The van der Waals surface area contributed by atoms with Crippen LogP contribution in [0.2, 0.25) is 0 Å². The van der Waals surface area contributed by atoms with Crippen LogP contribution in [0.3, 0.4) is 0 Å². The van der Waals surface area contributed by atoms with Gasteiger partial charge in [0.05, 0.1) is 15.7 Å². The van der Waals surface area contributed by atoms with E-state index in [-0.39, 0.29) is 29.9 Å². The molecular formula is C23H29BrN2O3. The summed E-state index contributed by atoms with van der Waals surface area (Å²) in [7, 11) is 0. The van der Waals surface area contributed by atoms with Gasteiger partial charge in [0.2, 0.25) is 0 Å². The number of para-hydroxylation sites is 1. The van der Waals surface area contributed by atoms with Gasteiger partial charge in [-0.25, -0.2) is 0 Å². The Balaban J connectivity index is 2.03. The molecule has 2 N–H and O–H groups in total. The minimum absolute atomic E-state index is 0.0258. The lowest BCUT2D eigenvalue weighted by Gasteiger charge is -2.20. The van der Waals surface area contributed by atoms with E-state index in [0.29, 0.717) is 17.0 Å². The zero-order chi connectivity index (χ0) is 21.6. The van der Waals surface area contributed by atoms with E-state index >= 15 is 0 Å². The van der Waals surface area contributed by atoms with E-state index in [9.17, 15) is 9.59 Å². The van der Waals surface area contributed by atoms with Crippen LogP contribution < -0.4 is 15.4 Å². The van der Waals surface area contributed by atoms with Crippen LogP contribution >= 0.6 is 15.9 Å². The van der Waals surface area contributed by atoms with E-state index in [1.165, 1.54) is 5.56 Å². The topological polar surface area (TPSA) is 67.4 Å². The van der Waals surface area contributed by atoms with Gasteiger partial charge in [0.15, 0.2) is 6.61 Å². The summed E-state index contributed by atoms with van der Waals surface area (Å²) in [6, 6.07) is 12.8. The fraction of sp³-hybridized carbons (Fsp3) is 0.391. The SMILES string of the molecule is CC[C@@H](C)NC(=O)c1ccccc1NC(=O)COc1ccc(C(C)(C)C)cc1Br. The first-order chi connectivity index (χ1) is 13.6. The number of carbonyl (C=O) groups excluding carboxylic acids is 2. The standard InChI is InChI=1S/C23H29BrN2O3/c1-6-15(2)25-22(28)17-9-7-8-10-19(17)26-21(27)14-29-20-12-11-16(13-18(20)24)23(3,4)5/h7-13,15H,6,14H2,1-5H3,(H,25,28)(H,26,27)/t15-/m1/s1. The van der Waals surface area contributed by atoms with Crippen LogP contribution in [-0.2, 0) is 10.2 Å². The zero-order valence-corrected chi connectivity index (χ0v) is 19.2. The van der Waals surface area contributed by atoms with Gasteiger partial charge in [0, 0.05) is 6.04 Å². The van der Waals surface area contributed by atoms with Gasteiger partial charge in [-0.2, -0.15) is 0 Å². The molecule has 0 heterocycles. The number of amides is 2. The predicted molar refractivity (Wildman–Crippen MR) is 121 cm³/mol. The minimum atomic E-state index is -0.333.